The number of carboxylic acid groups (broad SMARTS) is 1. The van der Waals surface area contributed by atoms with E-state index in [2.05, 4.69) is 34.9 Å². The molecular formula is C26H30N2O5. The van der Waals surface area contributed by atoms with Gasteiger partial charge < -0.3 is 20.5 Å². The fourth-order valence-corrected chi connectivity index (χ4v) is 4.36. The Balaban J connectivity index is 1.39. The molecule has 3 N–H and O–H groups in total. The van der Waals surface area contributed by atoms with Gasteiger partial charge in [0.25, 0.3) is 0 Å². The molecule has 0 radical (unpaired) electrons. The number of amides is 2. The number of benzene rings is 2. The summed E-state index contributed by atoms with van der Waals surface area (Å²) in [6.07, 6.45) is 1.93. The van der Waals surface area contributed by atoms with Gasteiger partial charge in [-0.3, -0.25) is 9.59 Å². The second-order valence-electron chi connectivity index (χ2n) is 9.13. The average molecular weight is 451 g/mol. The summed E-state index contributed by atoms with van der Waals surface area (Å²) >= 11 is 0. The third-order valence-electron chi connectivity index (χ3n) is 6.73. The number of hydrogen-bond donors (Lipinski definition) is 3. The number of aliphatic carboxylic acids is 1. The molecule has 7 heteroatoms. The summed E-state index contributed by atoms with van der Waals surface area (Å²) in [5, 5.41) is 14.6. The normalized spacial score (nSPS) is 17.3. The fourth-order valence-electron chi connectivity index (χ4n) is 4.36. The Bertz CT molecular complexity index is 1000. The molecule has 174 valence electrons. The fraction of sp³-hybridized carbons (Fsp3) is 0.423. The summed E-state index contributed by atoms with van der Waals surface area (Å²) in [5.74, 6) is -1.76. The van der Waals surface area contributed by atoms with E-state index in [-0.39, 0.29) is 18.4 Å². The molecule has 1 fully saturated rings. The number of rotatable bonds is 9. The molecule has 0 aromatic heterocycles. The number of nitrogens with one attached hydrogen (secondary N) is 2. The highest BCUT2D eigenvalue weighted by Gasteiger charge is 2.33. The third-order valence-corrected chi connectivity index (χ3v) is 6.73. The maximum absolute atomic E-state index is 12.8. The van der Waals surface area contributed by atoms with Gasteiger partial charge in [-0.1, -0.05) is 61.4 Å². The molecular weight excluding hydrogens is 420 g/mol. The Morgan fingerprint density at radius 1 is 0.970 bits per heavy atom. The number of alkyl carbamates (subject to hydrolysis) is 1. The van der Waals surface area contributed by atoms with Crippen molar-refractivity contribution < 1.29 is 24.2 Å². The highest BCUT2D eigenvalue weighted by Crippen LogP contribution is 2.44. The largest absolute Gasteiger partial charge is 0.481 e. The first-order valence-corrected chi connectivity index (χ1v) is 11.5. The van der Waals surface area contributed by atoms with Crippen molar-refractivity contribution in [3.05, 3.63) is 59.7 Å². The molecule has 0 heterocycles. The quantitative estimate of drug-likeness (QED) is 0.537. The van der Waals surface area contributed by atoms with Crippen LogP contribution in [-0.4, -0.2) is 41.8 Å². The first kappa shape index (κ1) is 22.8. The van der Waals surface area contributed by atoms with Crippen LogP contribution in [0.3, 0.4) is 0 Å². The number of carboxylic acids is 1. The van der Waals surface area contributed by atoms with Crippen molar-refractivity contribution in [3.63, 3.8) is 0 Å². The van der Waals surface area contributed by atoms with E-state index in [1.54, 1.807) is 13.8 Å². The summed E-state index contributed by atoms with van der Waals surface area (Å²) < 4.78 is 5.59. The average Bonchev–Trinajstić information content (AvgIpc) is 3.57. The minimum absolute atomic E-state index is 0.0599. The van der Waals surface area contributed by atoms with Crippen LogP contribution < -0.4 is 10.6 Å². The smallest absolute Gasteiger partial charge is 0.407 e. The Labute approximate surface area is 193 Å². The number of hydrogen-bond acceptors (Lipinski definition) is 4. The van der Waals surface area contributed by atoms with Crippen molar-refractivity contribution in [2.24, 2.45) is 11.8 Å². The second kappa shape index (κ2) is 9.65. The summed E-state index contributed by atoms with van der Waals surface area (Å²) in [6, 6.07) is 14.9. The van der Waals surface area contributed by atoms with E-state index in [9.17, 15) is 19.5 Å². The van der Waals surface area contributed by atoms with E-state index in [0.717, 1.165) is 35.1 Å². The number of carbonyl (C=O) groups excluding carboxylic acids is 2. The summed E-state index contributed by atoms with van der Waals surface area (Å²) in [6.45, 7) is 3.37. The van der Waals surface area contributed by atoms with E-state index in [1.807, 2.05) is 24.3 Å². The van der Waals surface area contributed by atoms with Gasteiger partial charge in [0.05, 0.1) is 5.92 Å². The van der Waals surface area contributed by atoms with Crippen LogP contribution in [-0.2, 0) is 14.3 Å². The van der Waals surface area contributed by atoms with Crippen molar-refractivity contribution in [3.8, 4) is 11.1 Å². The van der Waals surface area contributed by atoms with Crippen LogP contribution in [0.1, 0.15) is 50.2 Å². The van der Waals surface area contributed by atoms with E-state index < -0.39 is 30.1 Å². The summed E-state index contributed by atoms with van der Waals surface area (Å²) in [4.78, 5) is 36.7. The topological polar surface area (TPSA) is 105 Å². The van der Waals surface area contributed by atoms with Crippen LogP contribution in [0.25, 0.3) is 11.1 Å². The first-order chi connectivity index (χ1) is 15.8. The Kier molecular flexibility index (Phi) is 6.67. The molecule has 3 unspecified atom stereocenters. The van der Waals surface area contributed by atoms with Gasteiger partial charge in [0.2, 0.25) is 5.91 Å². The van der Waals surface area contributed by atoms with Crippen molar-refractivity contribution in [1.82, 2.24) is 10.6 Å². The molecule has 2 aromatic rings. The molecule has 4 rings (SSSR count). The second-order valence-corrected chi connectivity index (χ2v) is 9.13. The number of carbonyl (C=O) groups is 3. The van der Waals surface area contributed by atoms with Crippen molar-refractivity contribution >= 4 is 18.0 Å². The molecule has 0 aliphatic heterocycles. The maximum atomic E-state index is 12.8. The molecule has 1 saturated carbocycles. The zero-order valence-corrected chi connectivity index (χ0v) is 18.9. The van der Waals surface area contributed by atoms with E-state index >= 15 is 0 Å². The number of ether oxygens (including phenoxy) is 1. The lowest BCUT2D eigenvalue weighted by Gasteiger charge is -2.23. The minimum atomic E-state index is -0.981. The Morgan fingerprint density at radius 2 is 1.55 bits per heavy atom. The van der Waals surface area contributed by atoms with Crippen LogP contribution in [0.15, 0.2) is 48.5 Å². The van der Waals surface area contributed by atoms with Gasteiger partial charge in [0, 0.05) is 12.0 Å². The molecule has 2 amide bonds. The zero-order valence-electron chi connectivity index (χ0n) is 18.9. The van der Waals surface area contributed by atoms with Gasteiger partial charge in [0.15, 0.2) is 0 Å². The Morgan fingerprint density at radius 3 is 2.09 bits per heavy atom. The molecule has 7 nitrogen and oxygen atoms in total. The molecule has 0 bridgehead atoms. The van der Waals surface area contributed by atoms with Gasteiger partial charge in [-0.2, -0.15) is 0 Å². The number of fused-ring (bicyclic) bond motifs is 3. The summed E-state index contributed by atoms with van der Waals surface area (Å²) in [5.41, 5.74) is 4.54. The van der Waals surface area contributed by atoms with Crippen LogP contribution >= 0.6 is 0 Å². The third kappa shape index (κ3) is 5.18. The summed E-state index contributed by atoms with van der Waals surface area (Å²) in [7, 11) is 0. The highest BCUT2D eigenvalue weighted by atomic mass is 16.5. The molecule has 2 aromatic carbocycles. The van der Waals surface area contributed by atoms with Gasteiger partial charge in [0.1, 0.15) is 12.6 Å². The van der Waals surface area contributed by atoms with Crippen LogP contribution in [0, 0.1) is 11.8 Å². The van der Waals surface area contributed by atoms with Gasteiger partial charge in [-0.05, 0) is 48.4 Å². The minimum Gasteiger partial charge on any atom is -0.481 e. The maximum Gasteiger partial charge on any atom is 0.407 e. The van der Waals surface area contributed by atoms with Gasteiger partial charge in [-0.25, -0.2) is 4.79 Å². The Hall–Kier alpha value is -3.35. The SMILES string of the molecule is CC(NC(=O)C(CC1CC1)NC(=O)OCC1c2ccccc2-c2ccccc21)C(C)C(=O)O. The van der Waals surface area contributed by atoms with E-state index in [1.165, 1.54) is 0 Å². The molecule has 2 aliphatic carbocycles. The lowest BCUT2D eigenvalue weighted by Crippen LogP contribution is -2.51. The lowest BCUT2D eigenvalue weighted by atomic mass is 9.98. The van der Waals surface area contributed by atoms with Gasteiger partial charge in [-0.15, -0.1) is 0 Å². The lowest BCUT2D eigenvalue weighted by molar-refractivity contribution is -0.142. The first-order valence-electron chi connectivity index (χ1n) is 11.5. The van der Waals surface area contributed by atoms with Crippen LogP contribution in [0.2, 0.25) is 0 Å². The van der Waals surface area contributed by atoms with Crippen molar-refractivity contribution in [2.45, 2.75) is 51.1 Å². The van der Waals surface area contributed by atoms with E-state index in [4.69, 9.17) is 4.74 Å². The predicted octanol–water partition coefficient (Wildman–Crippen LogP) is 3.92. The molecule has 3 atom stereocenters. The van der Waals surface area contributed by atoms with Gasteiger partial charge >= 0.3 is 12.1 Å². The standard InChI is InChI=1S/C26H30N2O5/c1-15(25(30)31)16(2)27-24(29)23(13-17-11-12-17)28-26(32)33-14-22-20-9-5-3-7-18(20)19-8-4-6-10-21(19)22/h3-10,15-17,22-23H,11-14H2,1-2H3,(H,27,29)(H,28,32)(H,30,31). The monoisotopic (exact) mass is 450 g/mol. The van der Waals surface area contributed by atoms with E-state index in [0.29, 0.717) is 12.3 Å². The molecule has 0 saturated heterocycles. The zero-order chi connectivity index (χ0) is 23.5. The van der Waals surface area contributed by atoms with Crippen LogP contribution in [0.4, 0.5) is 4.79 Å². The molecule has 33 heavy (non-hydrogen) atoms. The molecule has 0 spiro atoms. The molecule has 2 aliphatic rings. The van der Waals surface area contributed by atoms with Crippen molar-refractivity contribution in [2.75, 3.05) is 6.61 Å². The highest BCUT2D eigenvalue weighted by molar-refractivity contribution is 5.86. The predicted molar refractivity (Wildman–Crippen MR) is 124 cm³/mol. The van der Waals surface area contributed by atoms with Crippen LogP contribution in [0.5, 0.6) is 0 Å². The van der Waals surface area contributed by atoms with Crippen molar-refractivity contribution in [1.29, 1.82) is 0 Å².